The molecule has 0 saturated carbocycles. The topological polar surface area (TPSA) is 251 Å². The number of primary amides is 1. The zero-order valence-corrected chi connectivity index (χ0v) is 15.6. The van der Waals surface area contributed by atoms with E-state index in [0.29, 0.717) is 0 Å². The Labute approximate surface area is 165 Å². The standard InChI is InChI=1S/C15H25N5O9/c1-6(21)12(15(28)29)20-14(27)8(4-11(24)25)19-10(23)5-18-13(26)7(16)2-3-9(17)22/h6-8,12,21H,2-5,16H2,1H3,(H2,17,22)(H,18,26)(H,19,23)(H,20,27)(H,24,25)(H,28,29). The van der Waals surface area contributed by atoms with Crippen LogP contribution in [0.5, 0.6) is 0 Å². The lowest BCUT2D eigenvalue weighted by atomic mass is 10.1. The molecule has 4 atom stereocenters. The van der Waals surface area contributed by atoms with Crippen LogP contribution in [0.25, 0.3) is 0 Å². The fraction of sp³-hybridized carbons (Fsp3) is 0.600. The van der Waals surface area contributed by atoms with Gasteiger partial charge in [-0.2, -0.15) is 0 Å². The minimum Gasteiger partial charge on any atom is -0.481 e. The van der Waals surface area contributed by atoms with E-state index in [1.165, 1.54) is 0 Å². The normalized spacial score (nSPS) is 14.6. The highest BCUT2D eigenvalue weighted by Crippen LogP contribution is 1.99. The number of carboxylic acids is 2. The summed E-state index contributed by atoms with van der Waals surface area (Å²) in [6, 6.07) is -4.50. The van der Waals surface area contributed by atoms with Gasteiger partial charge in [-0.15, -0.1) is 0 Å². The first kappa shape index (κ1) is 25.7. The Morgan fingerprint density at radius 1 is 1.00 bits per heavy atom. The quantitative estimate of drug-likeness (QED) is 0.142. The number of amides is 4. The molecule has 0 saturated heterocycles. The van der Waals surface area contributed by atoms with Gasteiger partial charge in [0, 0.05) is 6.42 Å². The second-order valence-electron chi connectivity index (χ2n) is 6.11. The summed E-state index contributed by atoms with van der Waals surface area (Å²) in [6.07, 6.45) is -2.56. The van der Waals surface area contributed by atoms with Crippen molar-refractivity contribution < 1.29 is 44.1 Å². The van der Waals surface area contributed by atoms with Crippen molar-refractivity contribution >= 4 is 35.6 Å². The van der Waals surface area contributed by atoms with Crippen molar-refractivity contribution in [3.8, 4) is 0 Å². The zero-order valence-electron chi connectivity index (χ0n) is 15.6. The van der Waals surface area contributed by atoms with Crippen molar-refractivity contribution in [2.75, 3.05) is 6.54 Å². The van der Waals surface area contributed by atoms with Gasteiger partial charge >= 0.3 is 11.9 Å². The highest BCUT2D eigenvalue weighted by Gasteiger charge is 2.30. The third-order valence-corrected chi connectivity index (χ3v) is 3.54. The highest BCUT2D eigenvalue weighted by molar-refractivity contribution is 5.94. The van der Waals surface area contributed by atoms with Gasteiger partial charge in [-0.3, -0.25) is 24.0 Å². The second-order valence-corrected chi connectivity index (χ2v) is 6.11. The third-order valence-electron chi connectivity index (χ3n) is 3.54. The molecule has 29 heavy (non-hydrogen) atoms. The van der Waals surface area contributed by atoms with E-state index in [9.17, 15) is 33.9 Å². The number of aliphatic hydroxyl groups is 1. The van der Waals surface area contributed by atoms with Crippen LogP contribution >= 0.6 is 0 Å². The summed E-state index contributed by atoms with van der Waals surface area (Å²) in [5, 5.41) is 33.3. The molecule has 0 aliphatic rings. The first-order valence-electron chi connectivity index (χ1n) is 8.39. The molecule has 0 heterocycles. The van der Waals surface area contributed by atoms with E-state index in [2.05, 4.69) is 5.32 Å². The van der Waals surface area contributed by atoms with E-state index in [-0.39, 0.29) is 12.8 Å². The van der Waals surface area contributed by atoms with Gasteiger partial charge in [-0.1, -0.05) is 0 Å². The fourth-order valence-electron chi connectivity index (χ4n) is 2.00. The summed E-state index contributed by atoms with van der Waals surface area (Å²) >= 11 is 0. The van der Waals surface area contributed by atoms with Gasteiger partial charge in [0.05, 0.1) is 25.1 Å². The molecule has 0 rings (SSSR count). The van der Waals surface area contributed by atoms with Crippen molar-refractivity contribution in [3.05, 3.63) is 0 Å². The van der Waals surface area contributed by atoms with Crippen LogP contribution in [0.2, 0.25) is 0 Å². The number of hydrogen-bond acceptors (Lipinski definition) is 8. The average molecular weight is 419 g/mol. The van der Waals surface area contributed by atoms with Crippen LogP contribution in [0.3, 0.4) is 0 Å². The molecule has 14 nitrogen and oxygen atoms in total. The molecular weight excluding hydrogens is 394 g/mol. The maximum atomic E-state index is 12.1. The number of nitrogens with one attached hydrogen (secondary N) is 3. The number of nitrogens with two attached hydrogens (primary N) is 2. The summed E-state index contributed by atoms with van der Waals surface area (Å²) in [7, 11) is 0. The van der Waals surface area contributed by atoms with E-state index in [4.69, 9.17) is 21.7 Å². The molecule has 0 bridgehead atoms. The minimum absolute atomic E-state index is 0.0528. The number of carbonyl (C=O) groups excluding carboxylic acids is 4. The van der Waals surface area contributed by atoms with Gasteiger partial charge in [0.15, 0.2) is 6.04 Å². The first-order valence-corrected chi connectivity index (χ1v) is 8.39. The van der Waals surface area contributed by atoms with Crippen LogP contribution in [0.15, 0.2) is 0 Å². The summed E-state index contributed by atoms with van der Waals surface area (Å²) in [4.78, 5) is 68.3. The van der Waals surface area contributed by atoms with Crippen LogP contribution in [-0.4, -0.2) is 81.7 Å². The van der Waals surface area contributed by atoms with Crippen LogP contribution in [0.1, 0.15) is 26.2 Å². The SMILES string of the molecule is CC(O)C(NC(=O)C(CC(=O)O)NC(=O)CNC(=O)C(N)CCC(N)=O)C(=O)O. The number of aliphatic hydroxyl groups excluding tert-OH is 1. The van der Waals surface area contributed by atoms with E-state index in [1.54, 1.807) is 0 Å². The van der Waals surface area contributed by atoms with Gasteiger partial charge in [-0.25, -0.2) is 4.79 Å². The largest absolute Gasteiger partial charge is 0.481 e. The predicted molar refractivity (Wildman–Crippen MR) is 94.8 cm³/mol. The van der Waals surface area contributed by atoms with E-state index in [1.807, 2.05) is 10.6 Å². The van der Waals surface area contributed by atoms with E-state index in [0.717, 1.165) is 6.92 Å². The summed E-state index contributed by atoms with van der Waals surface area (Å²) in [6.45, 7) is 0.437. The molecule has 0 radical (unpaired) electrons. The molecule has 0 aromatic heterocycles. The molecule has 4 unspecified atom stereocenters. The van der Waals surface area contributed by atoms with Crippen molar-refractivity contribution in [1.82, 2.24) is 16.0 Å². The molecule has 0 spiro atoms. The van der Waals surface area contributed by atoms with Gasteiger partial charge in [0.1, 0.15) is 6.04 Å². The number of carboxylic acid groups (broad SMARTS) is 2. The molecule has 0 aliphatic carbocycles. The first-order chi connectivity index (χ1) is 13.3. The van der Waals surface area contributed by atoms with Gasteiger partial charge in [0.25, 0.3) is 0 Å². The number of aliphatic carboxylic acids is 2. The Hall–Kier alpha value is -3.26. The van der Waals surface area contributed by atoms with Crippen molar-refractivity contribution in [3.63, 3.8) is 0 Å². The Bertz CT molecular complexity index is 652. The molecule has 10 N–H and O–H groups in total. The van der Waals surface area contributed by atoms with Crippen LogP contribution in [0, 0.1) is 0 Å². The molecule has 4 amide bonds. The Kier molecular flexibility index (Phi) is 10.9. The van der Waals surface area contributed by atoms with Gasteiger partial charge in [-0.05, 0) is 13.3 Å². The van der Waals surface area contributed by atoms with E-state index < -0.39 is 72.8 Å². The lowest BCUT2D eigenvalue weighted by Crippen LogP contribution is -2.56. The second kappa shape index (κ2) is 12.2. The Balaban J connectivity index is 4.84. The number of rotatable bonds is 13. The minimum atomic E-state index is -1.72. The lowest BCUT2D eigenvalue weighted by Gasteiger charge is -2.22. The molecule has 164 valence electrons. The zero-order chi connectivity index (χ0) is 22.7. The van der Waals surface area contributed by atoms with Crippen molar-refractivity contribution in [2.45, 2.75) is 50.4 Å². The maximum absolute atomic E-state index is 12.1. The molecule has 0 aliphatic heterocycles. The predicted octanol–water partition coefficient (Wildman–Crippen LogP) is -4.39. The monoisotopic (exact) mass is 419 g/mol. The Morgan fingerprint density at radius 3 is 2.03 bits per heavy atom. The summed E-state index contributed by atoms with van der Waals surface area (Å²) < 4.78 is 0. The number of carbonyl (C=O) groups is 6. The van der Waals surface area contributed by atoms with Crippen molar-refractivity contribution in [2.24, 2.45) is 11.5 Å². The molecular formula is C15H25N5O9. The van der Waals surface area contributed by atoms with Crippen molar-refractivity contribution in [1.29, 1.82) is 0 Å². The van der Waals surface area contributed by atoms with Gasteiger partial charge < -0.3 is 42.7 Å². The average Bonchev–Trinajstić information content (AvgIpc) is 2.60. The third kappa shape index (κ3) is 10.6. The molecule has 14 heteroatoms. The van der Waals surface area contributed by atoms with E-state index >= 15 is 0 Å². The maximum Gasteiger partial charge on any atom is 0.328 e. The molecule has 0 aromatic rings. The smallest absolute Gasteiger partial charge is 0.328 e. The van der Waals surface area contributed by atoms with Crippen LogP contribution < -0.4 is 27.4 Å². The lowest BCUT2D eigenvalue weighted by molar-refractivity contribution is -0.145. The Morgan fingerprint density at radius 2 is 1.59 bits per heavy atom. The number of hydrogen-bond donors (Lipinski definition) is 8. The molecule has 0 aromatic carbocycles. The van der Waals surface area contributed by atoms with Crippen LogP contribution in [0.4, 0.5) is 0 Å². The highest BCUT2D eigenvalue weighted by atomic mass is 16.4. The van der Waals surface area contributed by atoms with Gasteiger partial charge in [0.2, 0.25) is 23.6 Å². The molecule has 0 fully saturated rings. The fourth-order valence-corrected chi connectivity index (χ4v) is 2.00. The van der Waals surface area contributed by atoms with Crippen LogP contribution in [-0.2, 0) is 28.8 Å². The summed E-state index contributed by atoms with van der Waals surface area (Å²) in [5.74, 6) is -6.58. The summed E-state index contributed by atoms with van der Waals surface area (Å²) in [5.41, 5.74) is 10.4.